The SMILES string of the molecule is CC(C(=O)C[C@@H]1C[C@H](C)CN(c2ccc(C(F)F)c3ncccc23)C1)N1CC(F)(F)C1. The summed E-state index contributed by atoms with van der Waals surface area (Å²) in [6.45, 7) is 4.47. The zero-order chi connectivity index (χ0) is 22.3. The number of hydrogen-bond acceptors (Lipinski definition) is 4. The molecule has 4 nitrogen and oxygen atoms in total. The first kappa shape index (κ1) is 22.0. The molecule has 168 valence electrons. The molecule has 0 spiro atoms. The fourth-order valence-corrected chi connectivity index (χ4v) is 4.94. The number of anilines is 1. The molecule has 31 heavy (non-hydrogen) atoms. The van der Waals surface area contributed by atoms with Crippen LogP contribution >= 0.6 is 0 Å². The molecular formula is C23H27F4N3O. The second-order valence-electron chi connectivity index (χ2n) is 9.09. The summed E-state index contributed by atoms with van der Waals surface area (Å²) in [6, 6.07) is 6.17. The highest BCUT2D eigenvalue weighted by atomic mass is 19.3. The highest BCUT2D eigenvalue weighted by molar-refractivity contribution is 5.94. The van der Waals surface area contributed by atoms with E-state index in [0.29, 0.717) is 29.8 Å². The number of piperidine rings is 1. The van der Waals surface area contributed by atoms with E-state index in [-0.39, 0.29) is 30.4 Å². The van der Waals surface area contributed by atoms with Crippen molar-refractivity contribution in [2.24, 2.45) is 11.8 Å². The number of pyridine rings is 1. The van der Waals surface area contributed by atoms with Crippen LogP contribution in [0.2, 0.25) is 0 Å². The molecule has 1 aromatic heterocycles. The zero-order valence-electron chi connectivity index (χ0n) is 17.7. The molecule has 0 radical (unpaired) electrons. The Kier molecular flexibility index (Phi) is 5.94. The van der Waals surface area contributed by atoms with Crippen LogP contribution in [-0.2, 0) is 4.79 Å². The lowest BCUT2D eigenvalue weighted by molar-refractivity contribution is -0.155. The molecule has 8 heteroatoms. The van der Waals surface area contributed by atoms with Crippen LogP contribution in [-0.4, -0.2) is 53.8 Å². The quantitative estimate of drug-likeness (QED) is 0.601. The van der Waals surface area contributed by atoms with Crippen LogP contribution < -0.4 is 4.90 Å². The molecule has 1 unspecified atom stereocenters. The van der Waals surface area contributed by atoms with Gasteiger partial charge in [0.05, 0.1) is 24.6 Å². The maximum atomic E-state index is 13.4. The molecule has 4 rings (SSSR count). The predicted molar refractivity (Wildman–Crippen MR) is 112 cm³/mol. The number of halogens is 4. The highest BCUT2D eigenvalue weighted by Crippen LogP contribution is 2.37. The summed E-state index contributed by atoms with van der Waals surface area (Å²) in [7, 11) is 0. The van der Waals surface area contributed by atoms with Crippen LogP contribution in [0, 0.1) is 11.8 Å². The van der Waals surface area contributed by atoms with Gasteiger partial charge in [0.1, 0.15) is 5.78 Å². The van der Waals surface area contributed by atoms with Crippen molar-refractivity contribution in [1.82, 2.24) is 9.88 Å². The van der Waals surface area contributed by atoms with Gasteiger partial charge in [-0.1, -0.05) is 6.92 Å². The number of benzene rings is 1. The Morgan fingerprint density at radius 1 is 1.23 bits per heavy atom. The van der Waals surface area contributed by atoms with Crippen molar-refractivity contribution < 1.29 is 22.4 Å². The monoisotopic (exact) mass is 437 g/mol. The second kappa shape index (κ2) is 8.37. The van der Waals surface area contributed by atoms with Crippen molar-refractivity contribution >= 4 is 22.4 Å². The first-order valence-corrected chi connectivity index (χ1v) is 10.7. The van der Waals surface area contributed by atoms with Gasteiger partial charge in [-0.2, -0.15) is 0 Å². The third-order valence-corrected chi connectivity index (χ3v) is 6.47. The molecule has 1 aromatic carbocycles. The lowest BCUT2D eigenvalue weighted by Crippen LogP contribution is -2.61. The normalized spacial score (nSPS) is 24.9. The maximum Gasteiger partial charge on any atom is 0.272 e. The van der Waals surface area contributed by atoms with Gasteiger partial charge in [0.2, 0.25) is 0 Å². The lowest BCUT2D eigenvalue weighted by atomic mass is 9.85. The van der Waals surface area contributed by atoms with Crippen molar-refractivity contribution in [1.29, 1.82) is 0 Å². The molecule has 0 N–H and O–H groups in total. The van der Waals surface area contributed by atoms with Gasteiger partial charge in [0.25, 0.3) is 12.3 Å². The van der Waals surface area contributed by atoms with Crippen LogP contribution in [0.5, 0.6) is 0 Å². The fourth-order valence-electron chi connectivity index (χ4n) is 4.94. The molecule has 2 saturated heterocycles. The van der Waals surface area contributed by atoms with Crippen LogP contribution in [0.15, 0.2) is 30.5 Å². The number of likely N-dealkylation sites (tertiary alicyclic amines) is 1. The van der Waals surface area contributed by atoms with Crippen molar-refractivity contribution in [3.8, 4) is 0 Å². The summed E-state index contributed by atoms with van der Waals surface area (Å²) in [5.74, 6) is -2.31. The number of Topliss-reactive ketones (excluding diaryl/α,β-unsaturated/α-hetero) is 1. The number of ketones is 1. The van der Waals surface area contributed by atoms with E-state index in [0.717, 1.165) is 18.7 Å². The van der Waals surface area contributed by atoms with E-state index in [1.54, 1.807) is 25.1 Å². The molecule has 3 atom stereocenters. The summed E-state index contributed by atoms with van der Waals surface area (Å²) < 4.78 is 53.1. The van der Waals surface area contributed by atoms with Gasteiger partial charge in [0.15, 0.2) is 0 Å². The smallest absolute Gasteiger partial charge is 0.272 e. The number of rotatable bonds is 6. The summed E-state index contributed by atoms with van der Waals surface area (Å²) >= 11 is 0. The summed E-state index contributed by atoms with van der Waals surface area (Å²) in [5, 5.41) is 0.677. The van der Waals surface area contributed by atoms with E-state index in [1.807, 2.05) is 0 Å². The average molecular weight is 437 g/mol. The van der Waals surface area contributed by atoms with Gasteiger partial charge < -0.3 is 4.90 Å². The molecule has 2 aliphatic heterocycles. The van der Waals surface area contributed by atoms with Crippen LogP contribution in [0.25, 0.3) is 10.9 Å². The maximum absolute atomic E-state index is 13.4. The van der Waals surface area contributed by atoms with Crippen molar-refractivity contribution in [3.05, 3.63) is 36.0 Å². The van der Waals surface area contributed by atoms with Crippen LogP contribution in [0.3, 0.4) is 0 Å². The van der Waals surface area contributed by atoms with Gasteiger partial charge in [-0.15, -0.1) is 0 Å². The van der Waals surface area contributed by atoms with Crippen molar-refractivity contribution in [3.63, 3.8) is 0 Å². The number of nitrogens with zero attached hydrogens (tertiary/aromatic N) is 3. The van der Waals surface area contributed by atoms with Gasteiger partial charge in [-0.05, 0) is 49.4 Å². The largest absolute Gasteiger partial charge is 0.370 e. The molecule has 2 fully saturated rings. The molecule has 2 aromatic rings. The minimum atomic E-state index is -2.69. The molecule has 2 aliphatic rings. The number of carbonyl (C=O) groups is 1. The topological polar surface area (TPSA) is 36.4 Å². The third kappa shape index (κ3) is 4.54. The Bertz CT molecular complexity index is 959. The molecule has 0 saturated carbocycles. The Labute approximate surface area is 179 Å². The molecule has 0 amide bonds. The average Bonchev–Trinajstić information content (AvgIpc) is 2.69. The molecule has 3 heterocycles. The van der Waals surface area contributed by atoms with Gasteiger partial charge in [-0.25, -0.2) is 17.6 Å². The lowest BCUT2D eigenvalue weighted by Gasteiger charge is -2.43. The first-order valence-electron chi connectivity index (χ1n) is 10.7. The first-order chi connectivity index (χ1) is 14.6. The number of carbonyl (C=O) groups excluding carboxylic acids is 1. The van der Waals surface area contributed by atoms with Crippen molar-refractivity contribution in [2.75, 3.05) is 31.1 Å². The number of fused-ring (bicyclic) bond motifs is 1. The second-order valence-corrected chi connectivity index (χ2v) is 9.09. The van der Waals surface area contributed by atoms with E-state index in [2.05, 4.69) is 16.8 Å². The summed E-state index contributed by atoms with van der Waals surface area (Å²) in [5.41, 5.74) is 1.05. The van der Waals surface area contributed by atoms with Gasteiger partial charge in [0, 0.05) is 42.3 Å². The summed E-state index contributed by atoms with van der Waals surface area (Å²) in [4.78, 5) is 20.6. The summed E-state index contributed by atoms with van der Waals surface area (Å²) in [6.07, 6.45) is 0.109. The third-order valence-electron chi connectivity index (χ3n) is 6.47. The standard InChI is InChI=1S/C23H27F4N3O/c1-14-8-16(9-20(31)15(2)30-12-23(26,27)13-30)11-29(10-14)19-6-5-18(22(24)25)21-17(19)4-3-7-28-21/h3-7,14-16,22H,8-13H2,1-2H3/t14-,15?,16-/m0/s1. The number of aromatic nitrogens is 1. The highest BCUT2D eigenvalue weighted by Gasteiger charge is 2.47. The van der Waals surface area contributed by atoms with Gasteiger partial charge in [-0.3, -0.25) is 14.7 Å². The molecular weight excluding hydrogens is 410 g/mol. The van der Waals surface area contributed by atoms with Crippen LogP contribution in [0.4, 0.5) is 23.2 Å². The predicted octanol–water partition coefficient (Wildman–Crippen LogP) is 4.93. The Hall–Kier alpha value is -2.22. The Morgan fingerprint density at radius 3 is 2.65 bits per heavy atom. The fraction of sp³-hybridized carbons (Fsp3) is 0.565. The van der Waals surface area contributed by atoms with E-state index >= 15 is 0 Å². The molecule has 0 aliphatic carbocycles. The zero-order valence-corrected chi connectivity index (χ0v) is 17.7. The minimum absolute atomic E-state index is 0.0193. The number of hydrogen-bond donors (Lipinski definition) is 0. The minimum Gasteiger partial charge on any atom is -0.370 e. The van der Waals surface area contributed by atoms with Crippen LogP contribution in [0.1, 0.15) is 38.7 Å². The van der Waals surface area contributed by atoms with Crippen molar-refractivity contribution in [2.45, 2.75) is 45.1 Å². The van der Waals surface area contributed by atoms with E-state index in [4.69, 9.17) is 0 Å². The van der Waals surface area contributed by atoms with E-state index < -0.39 is 18.4 Å². The molecule has 0 bridgehead atoms. The van der Waals surface area contributed by atoms with E-state index in [9.17, 15) is 22.4 Å². The van der Waals surface area contributed by atoms with Gasteiger partial charge >= 0.3 is 0 Å². The Morgan fingerprint density at radius 2 is 1.97 bits per heavy atom. The Balaban J connectivity index is 1.51. The van der Waals surface area contributed by atoms with E-state index in [1.165, 1.54) is 17.2 Å². The number of alkyl halides is 4.